The minimum absolute atomic E-state index is 0.352. The Balaban J connectivity index is 2.72. The zero-order chi connectivity index (χ0) is 15.6. The predicted octanol–water partition coefficient (Wildman–Crippen LogP) is 0.976. The van der Waals surface area contributed by atoms with Crippen LogP contribution >= 0.6 is 0 Å². The number of hydrogen-bond donors (Lipinski definition) is 2. The van der Waals surface area contributed by atoms with E-state index in [9.17, 15) is 4.79 Å². The second-order valence-electron chi connectivity index (χ2n) is 4.66. The lowest BCUT2D eigenvalue weighted by molar-refractivity contribution is -0.121. The number of ether oxygens (including phenoxy) is 2. The van der Waals surface area contributed by atoms with Crippen molar-refractivity contribution in [2.45, 2.75) is 19.8 Å². The van der Waals surface area contributed by atoms with E-state index in [2.05, 4.69) is 15.6 Å². The van der Waals surface area contributed by atoms with Crippen LogP contribution in [0, 0.1) is 0 Å². The second-order valence-corrected chi connectivity index (χ2v) is 4.66. The molecule has 2 rings (SSSR count). The molecular formula is C14H18N4O3. The lowest BCUT2D eigenvalue weighted by Crippen LogP contribution is -2.37. The number of amides is 1. The van der Waals surface area contributed by atoms with Crippen molar-refractivity contribution in [3.8, 4) is 11.5 Å². The number of nitrogens with zero attached hydrogens (tertiary/aromatic N) is 2. The molecule has 1 aromatic rings. The summed E-state index contributed by atoms with van der Waals surface area (Å²) in [5, 5.41) is 8.22. The predicted molar refractivity (Wildman–Crippen MR) is 79.9 cm³/mol. The Morgan fingerprint density at radius 1 is 1.19 bits per heavy atom. The number of benzene rings is 1. The van der Waals surface area contributed by atoms with E-state index in [0.717, 1.165) is 11.1 Å². The molecule has 1 aliphatic rings. The molecule has 0 spiro atoms. The molecule has 1 aromatic carbocycles. The fraction of sp³-hybridized carbons (Fsp3) is 0.357. The van der Waals surface area contributed by atoms with Crippen molar-refractivity contribution >= 4 is 17.3 Å². The number of carbonyl (C=O) groups is 1. The van der Waals surface area contributed by atoms with E-state index in [1.807, 2.05) is 6.92 Å². The number of fused-ring (bicyclic) bond motifs is 1. The number of nitrogens with two attached hydrogens (primary N) is 1. The van der Waals surface area contributed by atoms with Gasteiger partial charge in [0.05, 0.1) is 25.6 Å². The van der Waals surface area contributed by atoms with Crippen molar-refractivity contribution in [3.63, 3.8) is 0 Å². The first-order chi connectivity index (χ1) is 10.0. The first-order valence-corrected chi connectivity index (χ1v) is 6.39. The first-order valence-electron chi connectivity index (χ1n) is 6.39. The Kier molecular flexibility index (Phi) is 4.23. The van der Waals surface area contributed by atoms with Crippen LogP contribution in [0.1, 0.15) is 30.9 Å². The van der Waals surface area contributed by atoms with Crippen LogP contribution in [0.5, 0.6) is 11.5 Å². The minimum Gasteiger partial charge on any atom is -0.493 e. The summed E-state index contributed by atoms with van der Waals surface area (Å²) in [7, 11) is 3.10. The molecule has 112 valence electrons. The van der Waals surface area contributed by atoms with E-state index in [1.54, 1.807) is 33.3 Å². The molecule has 7 heteroatoms. The summed E-state index contributed by atoms with van der Waals surface area (Å²) in [4.78, 5) is 12.1. The molecule has 0 saturated heterocycles. The van der Waals surface area contributed by atoms with Gasteiger partial charge >= 0.3 is 0 Å². The van der Waals surface area contributed by atoms with Crippen molar-refractivity contribution in [1.82, 2.24) is 5.43 Å². The van der Waals surface area contributed by atoms with Gasteiger partial charge in [-0.2, -0.15) is 10.2 Å². The normalized spacial score (nSPS) is 17.1. The van der Waals surface area contributed by atoms with E-state index in [-0.39, 0.29) is 5.91 Å². The summed E-state index contributed by atoms with van der Waals surface area (Å²) < 4.78 is 10.6. The van der Waals surface area contributed by atoms with Gasteiger partial charge in [0.15, 0.2) is 11.5 Å². The number of hydrogen-bond acceptors (Lipinski definition) is 6. The molecule has 0 aromatic heterocycles. The Morgan fingerprint density at radius 2 is 1.81 bits per heavy atom. The summed E-state index contributed by atoms with van der Waals surface area (Å²) in [6.45, 7) is 3.56. The molecular weight excluding hydrogens is 272 g/mol. The van der Waals surface area contributed by atoms with Crippen LogP contribution in [0.15, 0.2) is 22.3 Å². The number of rotatable bonds is 3. The highest BCUT2D eigenvalue weighted by Gasteiger charge is 2.30. The van der Waals surface area contributed by atoms with Gasteiger partial charge in [-0.05, 0) is 31.5 Å². The van der Waals surface area contributed by atoms with Crippen LogP contribution in [-0.4, -0.2) is 31.6 Å². The molecule has 0 bridgehead atoms. The van der Waals surface area contributed by atoms with Crippen molar-refractivity contribution < 1.29 is 14.3 Å². The smallest absolute Gasteiger partial charge is 0.247 e. The van der Waals surface area contributed by atoms with E-state index < -0.39 is 5.92 Å². The molecule has 1 heterocycles. The Hall–Kier alpha value is -2.41. The second kappa shape index (κ2) is 5.92. The molecule has 0 fully saturated rings. The van der Waals surface area contributed by atoms with Gasteiger partial charge in [-0.3, -0.25) is 10.2 Å². The minimum atomic E-state index is -0.619. The van der Waals surface area contributed by atoms with Gasteiger partial charge in [0.2, 0.25) is 5.91 Å². The zero-order valence-corrected chi connectivity index (χ0v) is 12.4. The van der Waals surface area contributed by atoms with Gasteiger partial charge in [0.25, 0.3) is 0 Å². The van der Waals surface area contributed by atoms with E-state index in [4.69, 9.17) is 15.3 Å². The highest BCUT2D eigenvalue weighted by atomic mass is 16.5. The third-order valence-electron chi connectivity index (χ3n) is 3.44. The number of hydrazine groups is 1. The maximum absolute atomic E-state index is 12.1. The molecule has 0 aliphatic carbocycles. The van der Waals surface area contributed by atoms with E-state index >= 15 is 0 Å². The molecule has 0 radical (unpaired) electrons. The highest BCUT2D eigenvalue weighted by Crippen LogP contribution is 2.36. The van der Waals surface area contributed by atoms with E-state index in [0.29, 0.717) is 22.9 Å². The van der Waals surface area contributed by atoms with Crippen LogP contribution in [0.4, 0.5) is 0 Å². The zero-order valence-electron chi connectivity index (χ0n) is 12.4. The number of carbonyl (C=O) groups excluding carboxylic acids is 1. The third-order valence-corrected chi connectivity index (χ3v) is 3.44. The fourth-order valence-electron chi connectivity index (χ4n) is 2.35. The molecule has 1 atom stereocenters. The van der Waals surface area contributed by atoms with Crippen LogP contribution in [0.3, 0.4) is 0 Å². The first kappa shape index (κ1) is 15.0. The highest BCUT2D eigenvalue weighted by molar-refractivity contribution is 6.13. The Bertz CT molecular complexity index is 637. The maximum atomic E-state index is 12.1. The molecule has 1 aliphatic heterocycles. The monoisotopic (exact) mass is 290 g/mol. The summed E-state index contributed by atoms with van der Waals surface area (Å²) >= 11 is 0. The lowest BCUT2D eigenvalue weighted by Gasteiger charge is -2.19. The average Bonchev–Trinajstić information content (AvgIpc) is 2.62. The maximum Gasteiger partial charge on any atom is 0.247 e. The quantitative estimate of drug-likeness (QED) is 0.492. The molecule has 21 heavy (non-hydrogen) atoms. The molecule has 3 N–H and O–H groups in total. The number of nitrogens with one attached hydrogen (secondary N) is 1. The summed E-state index contributed by atoms with van der Waals surface area (Å²) in [6, 6.07) is 3.55. The summed E-state index contributed by atoms with van der Waals surface area (Å²) in [6.07, 6.45) is 0. The third kappa shape index (κ3) is 2.59. The summed E-state index contributed by atoms with van der Waals surface area (Å²) in [5.74, 6) is 5.42. The molecule has 7 nitrogen and oxygen atoms in total. The van der Waals surface area contributed by atoms with Gasteiger partial charge < -0.3 is 9.47 Å². The number of methoxy groups -OCH3 is 2. The SMILES string of the molecule is COc1cc2c(cc1OC)[C@@H](C(=O)NN)C(C)=NN=C2C. The molecule has 0 saturated carbocycles. The van der Waals surface area contributed by atoms with Crippen LogP contribution in [-0.2, 0) is 4.79 Å². The summed E-state index contributed by atoms with van der Waals surface area (Å²) in [5.41, 5.74) is 4.93. The van der Waals surface area contributed by atoms with Gasteiger partial charge in [-0.1, -0.05) is 0 Å². The van der Waals surface area contributed by atoms with Crippen molar-refractivity contribution in [1.29, 1.82) is 0 Å². The van der Waals surface area contributed by atoms with Gasteiger partial charge in [0.1, 0.15) is 5.92 Å². The van der Waals surface area contributed by atoms with Gasteiger partial charge in [0, 0.05) is 5.56 Å². The van der Waals surface area contributed by atoms with Gasteiger partial charge in [-0.25, -0.2) is 5.84 Å². The average molecular weight is 290 g/mol. The van der Waals surface area contributed by atoms with Crippen molar-refractivity contribution in [3.05, 3.63) is 23.3 Å². The Labute approximate surface area is 122 Å². The van der Waals surface area contributed by atoms with Gasteiger partial charge in [-0.15, -0.1) is 0 Å². The Morgan fingerprint density at radius 3 is 2.38 bits per heavy atom. The van der Waals surface area contributed by atoms with E-state index in [1.165, 1.54) is 0 Å². The van der Waals surface area contributed by atoms with Crippen LogP contribution in [0.2, 0.25) is 0 Å². The van der Waals surface area contributed by atoms with Crippen molar-refractivity contribution in [2.24, 2.45) is 16.0 Å². The van der Waals surface area contributed by atoms with Crippen LogP contribution < -0.4 is 20.7 Å². The lowest BCUT2D eigenvalue weighted by atomic mass is 9.88. The topological polar surface area (TPSA) is 98.3 Å². The van der Waals surface area contributed by atoms with Crippen LogP contribution in [0.25, 0.3) is 0 Å². The fourth-order valence-corrected chi connectivity index (χ4v) is 2.35. The largest absolute Gasteiger partial charge is 0.493 e. The molecule has 0 unspecified atom stereocenters. The molecule has 1 amide bonds. The van der Waals surface area contributed by atoms with Crippen molar-refractivity contribution in [2.75, 3.05) is 14.2 Å². The standard InChI is InChI=1S/C14H18N4O3/c1-7-9-5-11(20-3)12(21-4)6-10(9)13(14(19)16-15)8(2)18-17-7/h5-6,13H,15H2,1-4H3,(H,16,19)/t13-/m0/s1.